The number of anilines is 2. The molecule has 0 unspecified atom stereocenters. The van der Waals surface area contributed by atoms with Gasteiger partial charge in [-0.05, 0) is 37.2 Å². The average molecular weight is 340 g/mol. The largest absolute Gasteiger partial charge is 0.354 e. The van der Waals surface area contributed by atoms with Gasteiger partial charge in [-0.15, -0.1) is 0 Å². The standard InChI is InChI=1S/C20H28N4O/c1-20(2,3)17-8-6-7-9-18(17)23-16-12-15(13-21-14-16)19(25)22-10-11-24(4)5/h6-9,12-14,23H,10-11H2,1-5H3,(H,22,25). The first-order valence-corrected chi connectivity index (χ1v) is 8.52. The molecule has 0 fully saturated rings. The zero-order valence-electron chi connectivity index (χ0n) is 15.8. The predicted octanol–water partition coefficient (Wildman–Crippen LogP) is 3.41. The maximum Gasteiger partial charge on any atom is 0.252 e. The van der Waals surface area contributed by atoms with Crippen molar-refractivity contribution in [2.24, 2.45) is 0 Å². The first-order chi connectivity index (χ1) is 11.8. The lowest BCUT2D eigenvalue weighted by atomic mass is 9.86. The number of carbonyl (C=O) groups is 1. The molecule has 5 heteroatoms. The number of carbonyl (C=O) groups excluding carboxylic acids is 1. The van der Waals surface area contributed by atoms with Crippen LogP contribution in [-0.2, 0) is 5.41 Å². The molecule has 1 heterocycles. The molecule has 0 bridgehead atoms. The van der Waals surface area contributed by atoms with Gasteiger partial charge in [-0.3, -0.25) is 9.78 Å². The second kappa shape index (κ2) is 8.12. The van der Waals surface area contributed by atoms with Gasteiger partial charge in [0.15, 0.2) is 0 Å². The minimum Gasteiger partial charge on any atom is -0.354 e. The Hall–Kier alpha value is -2.40. The van der Waals surface area contributed by atoms with Crippen LogP contribution in [0, 0.1) is 0 Å². The van der Waals surface area contributed by atoms with Crippen LogP contribution in [0.4, 0.5) is 11.4 Å². The fourth-order valence-corrected chi connectivity index (χ4v) is 2.53. The lowest BCUT2D eigenvalue weighted by Crippen LogP contribution is -2.31. The summed E-state index contributed by atoms with van der Waals surface area (Å²) in [5.41, 5.74) is 3.63. The number of pyridine rings is 1. The van der Waals surface area contributed by atoms with E-state index in [0.29, 0.717) is 12.1 Å². The fraction of sp³-hybridized carbons (Fsp3) is 0.400. The lowest BCUT2D eigenvalue weighted by molar-refractivity contribution is 0.0950. The molecule has 0 saturated heterocycles. The number of rotatable bonds is 6. The van der Waals surface area contributed by atoms with Crippen LogP contribution in [0.25, 0.3) is 0 Å². The minimum atomic E-state index is -0.109. The Bertz CT molecular complexity index is 720. The quantitative estimate of drug-likeness (QED) is 0.846. The van der Waals surface area contributed by atoms with Crippen LogP contribution in [-0.4, -0.2) is 43.0 Å². The molecule has 1 aromatic heterocycles. The summed E-state index contributed by atoms with van der Waals surface area (Å²) in [6.07, 6.45) is 3.32. The third-order valence-electron chi connectivity index (χ3n) is 3.86. The Labute approximate surface area is 150 Å². The average Bonchev–Trinajstić information content (AvgIpc) is 2.54. The summed E-state index contributed by atoms with van der Waals surface area (Å²) >= 11 is 0. The van der Waals surface area contributed by atoms with Gasteiger partial charge in [0, 0.05) is 25.0 Å². The van der Waals surface area contributed by atoms with Crippen LogP contribution in [0.5, 0.6) is 0 Å². The molecule has 1 aromatic carbocycles. The third-order valence-corrected chi connectivity index (χ3v) is 3.86. The maximum absolute atomic E-state index is 12.3. The number of likely N-dealkylation sites (N-methyl/N-ethyl adjacent to an activating group) is 1. The molecule has 0 aliphatic heterocycles. The predicted molar refractivity (Wildman–Crippen MR) is 104 cm³/mol. The molecule has 0 aliphatic carbocycles. The number of nitrogens with zero attached hydrogens (tertiary/aromatic N) is 2. The van der Waals surface area contributed by atoms with E-state index < -0.39 is 0 Å². The monoisotopic (exact) mass is 340 g/mol. The van der Waals surface area contributed by atoms with E-state index in [0.717, 1.165) is 17.9 Å². The Morgan fingerprint density at radius 3 is 2.56 bits per heavy atom. The van der Waals surface area contributed by atoms with Gasteiger partial charge >= 0.3 is 0 Å². The van der Waals surface area contributed by atoms with E-state index in [4.69, 9.17) is 0 Å². The van der Waals surface area contributed by atoms with Gasteiger partial charge in [-0.2, -0.15) is 0 Å². The summed E-state index contributed by atoms with van der Waals surface area (Å²) in [5.74, 6) is -0.109. The number of benzene rings is 1. The normalized spacial score (nSPS) is 11.4. The molecular weight excluding hydrogens is 312 g/mol. The van der Waals surface area contributed by atoms with E-state index >= 15 is 0 Å². The highest BCUT2D eigenvalue weighted by Crippen LogP contribution is 2.31. The van der Waals surface area contributed by atoms with Gasteiger partial charge in [0.1, 0.15) is 0 Å². The van der Waals surface area contributed by atoms with E-state index in [1.54, 1.807) is 12.4 Å². The first kappa shape index (κ1) is 18.9. The molecule has 0 saturated carbocycles. The molecule has 2 rings (SSSR count). The minimum absolute atomic E-state index is 0.0260. The maximum atomic E-state index is 12.3. The van der Waals surface area contributed by atoms with Gasteiger partial charge in [-0.1, -0.05) is 39.0 Å². The summed E-state index contributed by atoms with van der Waals surface area (Å²) in [6, 6.07) is 10.0. The second-order valence-electron chi connectivity index (χ2n) is 7.44. The molecule has 5 nitrogen and oxygen atoms in total. The van der Waals surface area contributed by atoms with E-state index in [-0.39, 0.29) is 11.3 Å². The Kier molecular flexibility index (Phi) is 6.15. The van der Waals surface area contributed by atoms with Gasteiger partial charge in [0.25, 0.3) is 5.91 Å². The smallest absolute Gasteiger partial charge is 0.252 e. The van der Waals surface area contributed by atoms with Crippen molar-refractivity contribution in [3.63, 3.8) is 0 Å². The summed E-state index contributed by atoms with van der Waals surface area (Å²) < 4.78 is 0. The molecule has 2 N–H and O–H groups in total. The van der Waals surface area contributed by atoms with Crippen molar-refractivity contribution in [3.8, 4) is 0 Å². The molecule has 25 heavy (non-hydrogen) atoms. The molecule has 0 atom stereocenters. The summed E-state index contributed by atoms with van der Waals surface area (Å²) in [7, 11) is 3.95. The molecule has 0 aliphatic rings. The zero-order chi connectivity index (χ0) is 18.4. The van der Waals surface area contributed by atoms with Crippen LogP contribution < -0.4 is 10.6 Å². The Morgan fingerprint density at radius 2 is 1.88 bits per heavy atom. The van der Waals surface area contributed by atoms with Crippen LogP contribution in [0.15, 0.2) is 42.7 Å². The number of amides is 1. The van der Waals surface area contributed by atoms with E-state index in [1.165, 1.54) is 5.56 Å². The van der Waals surface area contributed by atoms with Crippen molar-refractivity contribution < 1.29 is 4.79 Å². The van der Waals surface area contributed by atoms with Crippen molar-refractivity contribution in [1.82, 2.24) is 15.2 Å². The van der Waals surface area contributed by atoms with Gasteiger partial charge < -0.3 is 15.5 Å². The highest BCUT2D eigenvalue weighted by atomic mass is 16.1. The van der Waals surface area contributed by atoms with Crippen LogP contribution >= 0.6 is 0 Å². The molecule has 2 aromatic rings. The van der Waals surface area contributed by atoms with E-state index in [2.05, 4.69) is 42.5 Å². The Balaban J connectivity index is 2.14. The molecule has 134 valence electrons. The second-order valence-corrected chi connectivity index (χ2v) is 7.44. The number of hydrogen-bond donors (Lipinski definition) is 2. The molecule has 0 spiro atoms. The van der Waals surface area contributed by atoms with Crippen molar-refractivity contribution in [2.75, 3.05) is 32.5 Å². The Morgan fingerprint density at radius 1 is 1.16 bits per heavy atom. The van der Waals surface area contributed by atoms with Crippen molar-refractivity contribution in [2.45, 2.75) is 26.2 Å². The lowest BCUT2D eigenvalue weighted by Gasteiger charge is -2.23. The van der Waals surface area contributed by atoms with Crippen molar-refractivity contribution in [3.05, 3.63) is 53.9 Å². The summed E-state index contributed by atoms with van der Waals surface area (Å²) in [5, 5.41) is 6.31. The molecule has 0 radical (unpaired) electrons. The van der Waals surface area contributed by atoms with Crippen LogP contribution in [0.1, 0.15) is 36.7 Å². The van der Waals surface area contributed by atoms with Gasteiger partial charge in [0.05, 0.1) is 17.4 Å². The molecule has 1 amide bonds. The SMILES string of the molecule is CN(C)CCNC(=O)c1cncc(Nc2ccccc2C(C)(C)C)c1. The summed E-state index contributed by atoms with van der Waals surface area (Å²) in [4.78, 5) is 18.5. The molecular formula is C20H28N4O. The van der Waals surface area contributed by atoms with E-state index in [1.807, 2.05) is 43.3 Å². The van der Waals surface area contributed by atoms with Crippen LogP contribution in [0.2, 0.25) is 0 Å². The summed E-state index contributed by atoms with van der Waals surface area (Å²) in [6.45, 7) is 7.95. The number of para-hydroxylation sites is 1. The number of nitrogens with one attached hydrogen (secondary N) is 2. The van der Waals surface area contributed by atoms with Gasteiger partial charge in [0.2, 0.25) is 0 Å². The van der Waals surface area contributed by atoms with Crippen molar-refractivity contribution >= 4 is 17.3 Å². The zero-order valence-corrected chi connectivity index (χ0v) is 15.8. The van der Waals surface area contributed by atoms with E-state index in [9.17, 15) is 4.79 Å². The van der Waals surface area contributed by atoms with Crippen molar-refractivity contribution in [1.29, 1.82) is 0 Å². The fourth-order valence-electron chi connectivity index (χ4n) is 2.53. The number of aromatic nitrogens is 1. The van der Waals surface area contributed by atoms with Gasteiger partial charge in [-0.25, -0.2) is 0 Å². The highest BCUT2D eigenvalue weighted by molar-refractivity contribution is 5.94. The first-order valence-electron chi connectivity index (χ1n) is 8.52. The third kappa shape index (κ3) is 5.57. The topological polar surface area (TPSA) is 57.3 Å². The van der Waals surface area contributed by atoms with Crippen LogP contribution in [0.3, 0.4) is 0 Å². The highest BCUT2D eigenvalue weighted by Gasteiger charge is 2.17. The number of hydrogen-bond acceptors (Lipinski definition) is 4.